The Morgan fingerprint density at radius 3 is 2.71 bits per heavy atom. The summed E-state index contributed by atoms with van der Waals surface area (Å²) in [7, 11) is 0. The van der Waals surface area contributed by atoms with Gasteiger partial charge in [0.2, 0.25) is 0 Å². The van der Waals surface area contributed by atoms with Crippen molar-refractivity contribution in [3.8, 4) is 0 Å². The average molecular weight is 341 g/mol. The summed E-state index contributed by atoms with van der Waals surface area (Å²) >= 11 is 2.28. The molecule has 0 spiro atoms. The normalized spacial score (nSPS) is 10.3. The number of carbonyl (C=O) groups is 1. The number of furan rings is 1. The predicted octanol–water partition coefficient (Wildman–Crippen LogP) is 3.75. The standard InChI is InChI=1S/C13H12INO2/c1-8-7-11(9(2)6-10(8)14)15-13(16)12-4-3-5-17-12/h3-7H,1-2H3,(H,15,16). The first-order valence-electron chi connectivity index (χ1n) is 5.19. The minimum Gasteiger partial charge on any atom is -0.459 e. The molecule has 1 heterocycles. The van der Waals surface area contributed by atoms with Crippen LogP contribution in [0.5, 0.6) is 0 Å². The third kappa shape index (κ3) is 2.69. The van der Waals surface area contributed by atoms with E-state index in [1.807, 2.05) is 26.0 Å². The lowest BCUT2D eigenvalue weighted by molar-refractivity contribution is 0.0996. The molecule has 0 bridgehead atoms. The van der Waals surface area contributed by atoms with Crippen molar-refractivity contribution in [3.05, 3.63) is 51.0 Å². The summed E-state index contributed by atoms with van der Waals surface area (Å²) in [6.45, 7) is 3.99. The highest BCUT2D eigenvalue weighted by Crippen LogP contribution is 2.22. The van der Waals surface area contributed by atoms with E-state index in [1.165, 1.54) is 9.83 Å². The van der Waals surface area contributed by atoms with Crippen LogP contribution >= 0.6 is 22.6 Å². The third-order valence-electron chi connectivity index (χ3n) is 2.50. The molecular formula is C13H12INO2. The second-order valence-electron chi connectivity index (χ2n) is 3.85. The zero-order chi connectivity index (χ0) is 12.4. The number of carbonyl (C=O) groups excluding carboxylic acids is 1. The van der Waals surface area contributed by atoms with E-state index in [0.717, 1.165) is 16.8 Å². The van der Waals surface area contributed by atoms with Crippen LogP contribution in [0.1, 0.15) is 21.7 Å². The van der Waals surface area contributed by atoms with Gasteiger partial charge in [-0.1, -0.05) is 0 Å². The summed E-state index contributed by atoms with van der Waals surface area (Å²) in [5.74, 6) is 0.0966. The summed E-state index contributed by atoms with van der Waals surface area (Å²) in [6, 6.07) is 7.36. The van der Waals surface area contributed by atoms with Gasteiger partial charge in [-0.15, -0.1) is 0 Å². The third-order valence-corrected chi connectivity index (χ3v) is 3.66. The van der Waals surface area contributed by atoms with E-state index in [9.17, 15) is 4.79 Å². The van der Waals surface area contributed by atoms with Gasteiger partial charge in [0.15, 0.2) is 5.76 Å². The van der Waals surface area contributed by atoms with Gasteiger partial charge in [-0.05, 0) is 71.8 Å². The average Bonchev–Trinajstić information content (AvgIpc) is 2.79. The summed E-state index contributed by atoms with van der Waals surface area (Å²) in [5.41, 5.74) is 3.01. The van der Waals surface area contributed by atoms with Crippen LogP contribution in [-0.4, -0.2) is 5.91 Å². The van der Waals surface area contributed by atoms with E-state index in [1.54, 1.807) is 12.1 Å². The number of halogens is 1. The lowest BCUT2D eigenvalue weighted by atomic mass is 10.1. The van der Waals surface area contributed by atoms with E-state index >= 15 is 0 Å². The van der Waals surface area contributed by atoms with Gasteiger partial charge in [0, 0.05) is 9.26 Å². The fourth-order valence-corrected chi connectivity index (χ4v) is 2.13. The van der Waals surface area contributed by atoms with Crippen molar-refractivity contribution >= 4 is 34.2 Å². The van der Waals surface area contributed by atoms with Crippen molar-refractivity contribution in [3.63, 3.8) is 0 Å². The minimum atomic E-state index is -0.223. The number of rotatable bonds is 2. The lowest BCUT2D eigenvalue weighted by Crippen LogP contribution is -2.12. The molecule has 0 saturated heterocycles. The molecule has 0 radical (unpaired) electrons. The Morgan fingerprint density at radius 2 is 2.06 bits per heavy atom. The topological polar surface area (TPSA) is 42.2 Å². The molecular weight excluding hydrogens is 329 g/mol. The lowest BCUT2D eigenvalue weighted by Gasteiger charge is -2.09. The number of hydrogen-bond donors (Lipinski definition) is 1. The molecule has 17 heavy (non-hydrogen) atoms. The predicted molar refractivity (Wildman–Crippen MR) is 75.3 cm³/mol. The van der Waals surface area contributed by atoms with Crippen LogP contribution in [0.25, 0.3) is 0 Å². The molecule has 2 rings (SSSR count). The molecule has 0 fully saturated rings. The van der Waals surface area contributed by atoms with E-state index in [2.05, 4.69) is 27.9 Å². The number of anilines is 1. The summed E-state index contributed by atoms with van der Waals surface area (Å²) < 4.78 is 6.24. The van der Waals surface area contributed by atoms with E-state index in [-0.39, 0.29) is 5.91 Å². The molecule has 1 N–H and O–H groups in total. The van der Waals surface area contributed by atoms with Crippen LogP contribution in [0.15, 0.2) is 34.9 Å². The molecule has 0 aliphatic carbocycles. The zero-order valence-electron chi connectivity index (χ0n) is 9.58. The molecule has 0 unspecified atom stereocenters. The van der Waals surface area contributed by atoms with Gasteiger partial charge >= 0.3 is 0 Å². The maximum Gasteiger partial charge on any atom is 0.291 e. The second kappa shape index (κ2) is 4.91. The highest BCUT2D eigenvalue weighted by molar-refractivity contribution is 14.1. The molecule has 0 atom stereocenters. The van der Waals surface area contributed by atoms with Gasteiger partial charge in [-0.3, -0.25) is 4.79 Å². The summed E-state index contributed by atoms with van der Waals surface area (Å²) in [6.07, 6.45) is 1.49. The Kier molecular flexibility index (Phi) is 3.51. The van der Waals surface area contributed by atoms with Crippen molar-refractivity contribution in [2.75, 3.05) is 5.32 Å². The Bertz CT molecular complexity index is 547. The van der Waals surface area contributed by atoms with Crippen LogP contribution in [0, 0.1) is 17.4 Å². The van der Waals surface area contributed by atoms with Gasteiger partial charge in [-0.25, -0.2) is 0 Å². The van der Waals surface area contributed by atoms with Gasteiger partial charge in [0.25, 0.3) is 5.91 Å². The van der Waals surface area contributed by atoms with Gasteiger partial charge in [0.1, 0.15) is 0 Å². The van der Waals surface area contributed by atoms with Gasteiger partial charge in [-0.2, -0.15) is 0 Å². The van der Waals surface area contributed by atoms with Crippen molar-refractivity contribution in [1.82, 2.24) is 0 Å². The van der Waals surface area contributed by atoms with Crippen LogP contribution in [0.4, 0.5) is 5.69 Å². The Morgan fingerprint density at radius 1 is 1.29 bits per heavy atom. The zero-order valence-corrected chi connectivity index (χ0v) is 11.7. The van der Waals surface area contributed by atoms with Gasteiger partial charge in [0.05, 0.1) is 6.26 Å². The van der Waals surface area contributed by atoms with E-state index in [4.69, 9.17) is 4.42 Å². The molecule has 4 heteroatoms. The van der Waals surface area contributed by atoms with E-state index < -0.39 is 0 Å². The summed E-state index contributed by atoms with van der Waals surface area (Å²) in [5, 5.41) is 2.84. The molecule has 0 aliphatic heterocycles. The van der Waals surface area contributed by atoms with Crippen LogP contribution in [-0.2, 0) is 0 Å². The SMILES string of the molecule is Cc1cc(NC(=O)c2ccco2)c(C)cc1I. The Hall–Kier alpha value is -1.30. The second-order valence-corrected chi connectivity index (χ2v) is 5.01. The molecule has 1 aromatic heterocycles. The fraction of sp³-hybridized carbons (Fsp3) is 0.154. The highest BCUT2D eigenvalue weighted by Gasteiger charge is 2.10. The summed E-state index contributed by atoms with van der Waals surface area (Å²) in [4.78, 5) is 11.8. The van der Waals surface area contributed by atoms with Crippen molar-refractivity contribution in [1.29, 1.82) is 0 Å². The molecule has 2 aromatic rings. The smallest absolute Gasteiger partial charge is 0.291 e. The largest absolute Gasteiger partial charge is 0.459 e. The number of nitrogens with one attached hydrogen (secondary N) is 1. The van der Waals surface area contributed by atoms with E-state index in [0.29, 0.717) is 5.76 Å². The number of aryl methyl sites for hydroxylation is 2. The maximum atomic E-state index is 11.8. The first-order valence-corrected chi connectivity index (χ1v) is 6.27. The Labute approximate surface area is 113 Å². The number of hydrogen-bond acceptors (Lipinski definition) is 2. The Balaban J connectivity index is 2.25. The first-order chi connectivity index (χ1) is 8.08. The quantitative estimate of drug-likeness (QED) is 0.846. The maximum absolute atomic E-state index is 11.8. The molecule has 0 aliphatic rings. The molecule has 1 amide bonds. The monoisotopic (exact) mass is 341 g/mol. The van der Waals surface area contributed by atoms with Crippen LogP contribution in [0.3, 0.4) is 0 Å². The molecule has 88 valence electrons. The molecule has 1 aromatic carbocycles. The van der Waals surface area contributed by atoms with Gasteiger partial charge < -0.3 is 9.73 Å². The molecule has 3 nitrogen and oxygen atoms in total. The van der Waals surface area contributed by atoms with Crippen LogP contribution in [0.2, 0.25) is 0 Å². The first kappa shape index (κ1) is 12.2. The van der Waals surface area contributed by atoms with Crippen molar-refractivity contribution in [2.45, 2.75) is 13.8 Å². The van der Waals surface area contributed by atoms with Crippen molar-refractivity contribution in [2.24, 2.45) is 0 Å². The highest BCUT2D eigenvalue weighted by atomic mass is 127. The fourth-order valence-electron chi connectivity index (χ4n) is 1.51. The van der Waals surface area contributed by atoms with Crippen molar-refractivity contribution < 1.29 is 9.21 Å². The number of amides is 1. The molecule has 0 saturated carbocycles. The minimum absolute atomic E-state index is 0.223. The van der Waals surface area contributed by atoms with Crippen LogP contribution < -0.4 is 5.32 Å². The number of benzene rings is 1.